The Hall–Kier alpha value is -1.55. The number of β-amino-alcohol motifs (C(OH)–C–C–N with tert-alkyl or cyclic N) is 1. The van der Waals surface area contributed by atoms with E-state index in [2.05, 4.69) is 10.8 Å². The van der Waals surface area contributed by atoms with Crippen LogP contribution in [0, 0.1) is 12.3 Å². The summed E-state index contributed by atoms with van der Waals surface area (Å²) in [5.74, 6) is 2.60. The third-order valence-corrected chi connectivity index (χ3v) is 4.12. The van der Waals surface area contributed by atoms with E-state index in [1.165, 1.54) is 12.1 Å². The highest BCUT2D eigenvalue weighted by molar-refractivity contribution is 5.29. The largest absolute Gasteiger partial charge is 0.416 e. The molecule has 1 aromatic carbocycles. The summed E-state index contributed by atoms with van der Waals surface area (Å²) in [7, 11) is 0. The smallest absolute Gasteiger partial charge is 0.384 e. The molecule has 23 heavy (non-hydrogen) atoms. The summed E-state index contributed by atoms with van der Waals surface area (Å²) in [6.45, 7) is 5.49. The number of rotatable bonds is 4. The maximum Gasteiger partial charge on any atom is 0.416 e. The van der Waals surface area contributed by atoms with Crippen LogP contribution in [0.1, 0.15) is 18.1 Å². The molecule has 6 heteroatoms. The highest BCUT2D eigenvalue weighted by Crippen LogP contribution is 2.32. The summed E-state index contributed by atoms with van der Waals surface area (Å²) in [6, 6.07) is 4.90. The molecule has 1 unspecified atom stereocenters. The summed E-state index contributed by atoms with van der Waals surface area (Å²) in [5, 5.41) is 10.6. The molecule has 0 saturated carbocycles. The summed E-state index contributed by atoms with van der Waals surface area (Å²) < 4.78 is 38.4. The Kier molecular flexibility index (Phi) is 5.35. The Labute approximate surface area is 134 Å². The van der Waals surface area contributed by atoms with Crippen LogP contribution in [0.4, 0.5) is 13.2 Å². The second-order valence-corrected chi connectivity index (χ2v) is 6.11. The Morgan fingerprint density at radius 1 is 1.13 bits per heavy atom. The monoisotopic (exact) mass is 326 g/mol. The van der Waals surface area contributed by atoms with E-state index in [0.717, 1.165) is 38.3 Å². The van der Waals surface area contributed by atoms with E-state index in [9.17, 15) is 18.3 Å². The number of hydrogen-bond donors (Lipinski definition) is 1. The minimum atomic E-state index is -4.41. The lowest BCUT2D eigenvalue weighted by Crippen LogP contribution is -2.50. The van der Waals surface area contributed by atoms with Crippen molar-refractivity contribution in [2.45, 2.75) is 18.7 Å². The van der Waals surface area contributed by atoms with Gasteiger partial charge in [0, 0.05) is 32.7 Å². The maximum absolute atomic E-state index is 12.8. The van der Waals surface area contributed by atoms with Crippen molar-refractivity contribution in [1.82, 2.24) is 9.80 Å². The van der Waals surface area contributed by atoms with Gasteiger partial charge in [-0.15, -0.1) is 6.42 Å². The molecule has 0 spiro atoms. The van der Waals surface area contributed by atoms with E-state index in [1.807, 2.05) is 4.90 Å². The van der Waals surface area contributed by atoms with Crippen LogP contribution in [-0.2, 0) is 11.8 Å². The Morgan fingerprint density at radius 3 is 2.26 bits per heavy atom. The van der Waals surface area contributed by atoms with Gasteiger partial charge in [-0.05, 0) is 24.6 Å². The van der Waals surface area contributed by atoms with Crippen LogP contribution >= 0.6 is 0 Å². The fraction of sp³-hybridized carbons (Fsp3) is 0.529. The topological polar surface area (TPSA) is 26.7 Å². The number of hydrogen-bond acceptors (Lipinski definition) is 3. The Morgan fingerprint density at radius 2 is 1.70 bits per heavy atom. The minimum absolute atomic E-state index is 0.276. The molecular formula is C17H21F3N2O. The van der Waals surface area contributed by atoms with E-state index in [-0.39, 0.29) is 12.1 Å². The van der Waals surface area contributed by atoms with Gasteiger partial charge in [0.2, 0.25) is 0 Å². The number of alkyl halides is 3. The van der Waals surface area contributed by atoms with Crippen molar-refractivity contribution in [3.05, 3.63) is 35.4 Å². The fourth-order valence-electron chi connectivity index (χ4n) is 2.79. The molecule has 1 fully saturated rings. The van der Waals surface area contributed by atoms with Gasteiger partial charge in [0.1, 0.15) is 0 Å². The SMILES string of the molecule is C#CCN1CCN(CC(C)(O)c2cccc(C(F)(F)F)c2)CC1. The minimum Gasteiger partial charge on any atom is -0.384 e. The van der Waals surface area contributed by atoms with Gasteiger partial charge >= 0.3 is 6.18 Å². The van der Waals surface area contributed by atoms with Gasteiger partial charge < -0.3 is 5.11 Å². The Bertz CT molecular complexity index is 570. The number of terminal acetylenes is 1. The predicted molar refractivity (Wildman–Crippen MR) is 82.7 cm³/mol. The van der Waals surface area contributed by atoms with Gasteiger partial charge in [-0.25, -0.2) is 0 Å². The normalized spacial score (nSPS) is 20.0. The lowest BCUT2D eigenvalue weighted by Gasteiger charge is -2.38. The van der Waals surface area contributed by atoms with E-state index < -0.39 is 17.3 Å². The molecule has 1 atom stereocenters. The molecule has 1 aromatic rings. The molecule has 2 rings (SSSR count). The van der Waals surface area contributed by atoms with Crippen LogP contribution < -0.4 is 0 Å². The zero-order valence-electron chi connectivity index (χ0n) is 13.1. The zero-order chi connectivity index (χ0) is 17.1. The lowest BCUT2D eigenvalue weighted by molar-refractivity contribution is -0.137. The molecular weight excluding hydrogens is 305 g/mol. The first-order valence-corrected chi connectivity index (χ1v) is 7.51. The third-order valence-electron chi connectivity index (χ3n) is 4.12. The molecule has 0 bridgehead atoms. The van der Waals surface area contributed by atoms with Gasteiger partial charge in [0.05, 0.1) is 17.7 Å². The number of benzene rings is 1. The molecule has 0 aliphatic carbocycles. The highest BCUT2D eigenvalue weighted by atomic mass is 19.4. The number of piperazine rings is 1. The summed E-state index contributed by atoms with van der Waals surface area (Å²) in [6.07, 6.45) is 0.874. The molecule has 1 saturated heterocycles. The van der Waals surface area contributed by atoms with Crippen LogP contribution in [0.15, 0.2) is 24.3 Å². The number of halogens is 3. The molecule has 0 aromatic heterocycles. The summed E-state index contributed by atoms with van der Waals surface area (Å²) in [4.78, 5) is 4.18. The first kappa shape index (κ1) is 17.8. The third kappa shape index (κ3) is 4.71. The first-order chi connectivity index (χ1) is 10.7. The second kappa shape index (κ2) is 6.91. The molecule has 1 aliphatic rings. The summed E-state index contributed by atoms with van der Waals surface area (Å²) >= 11 is 0. The lowest BCUT2D eigenvalue weighted by atomic mass is 9.93. The second-order valence-electron chi connectivity index (χ2n) is 6.11. The van der Waals surface area contributed by atoms with Gasteiger partial charge in [-0.3, -0.25) is 9.80 Å². The van der Waals surface area contributed by atoms with Crippen LogP contribution in [0.25, 0.3) is 0 Å². The molecule has 3 nitrogen and oxygen atoms in total. The number of nitrogens with zero attached hydrogens (tertiary/aromatic N) is 2. The number of aliphatic hydroxyl groups is 1. The zero-order valence-corrected chi connectivity index (χ0v) is 13.1. The molecule has 126 valence electrons. The average molecular weight is 326 g/mol. The molecule has 0 radical (unpaired) electrons. The maximum atomic E-state index is 12.8. The van der Waals surface area contributed by atoms with Crippen molar-refractivity contribution in [3.8, 4) is 12.3 Å². The van der Waals surface area contributed by atoms with Crippen molar-refractivity contribution >= 4 is 0 Å². The fourth-order valence-corrected chi connectivity index (χ4v) is 2.79. The molecule has 0 amide bonds. The van der Waals surface area contributed by atoms with Gasteiger partial charge in [-0.2, -0.15) is 13.2 Å². The average Bonchev–Trinajstić information content (AvgIpc) is 2.49. The molecule has 1 heterocycles. The predicted octanol–water partition coefficient (Wildman–Crippen LogP) is 2.16. The Balaban J connectivity index is 2.04. The standard InChI is InChI=1S/C17H21F3N2O/c1-3-7-21-8-10-22(11-9-21)13-16(2,23)14-5-4-6-15(12-14)17(18,19)20/h1,4-6,12,23H,7-11,13H2,2H3. The van der Waals surface area contributed by atoms with E-state index >= 15 is 0 Å². The van der Waals surface area contributed by atoms with Gasteiger partial charge in [0.25, 0.3) is 0 Å². The van der Waals surface area contributed by atoms with Crippen LogP contribution in [-0.4, -0.2) is 54.2 Å². The van der Waals surface area contributed by atoms with Gasteiger partial charge in [-0.1, -0.05) is 18.1 Å². The first-order valence-electron chi connectivity index (χ1n) is 7.51. The van der Waals surface area contributed by atoms with Crippen molar-refractivity contribution in [2.24, 2.45) is 0 Å². The highest BCUT2D eigenvalue weighted by Gasteiger charge is 2.33. The van der Waals surface area contributed by atoms with E-state index in [0.29, 0.717) is 6.54 Å². The van der Waals surface area contributed by atoms with Crippen molar-refractivity contribution in [2.75, 3.05) is 39.3 Å². The van der Waals surface area contributed by atoms with E-state index in [4.69, 9.17) is 6.42 Å². The quantitative estimate of drug-likeness (QED) is 0.859. The summed E-state index contributed by atoms with van der Waals surface area (Å²) in [5.41, 5.74) is -1.80. The van der Waals surface area contributed by atoms with Crippen molar-refractivity contribution < 1.29 is 18.3 Å². The van der Waals surface area contributed by atoms with Crippen LogP contribution in [0.3, 0.4) is 0 Å². The van der Waals surface area contributed by atoms with Gasteiger partial charge in [0.15, 0.2) is 0 Å². The van der Waals surface area contributed by atoms with Crippen molar-refractivity contribution in [1.29, 1.82) is 0 Å². The van der Waals surface area contributed by atoms with Crippen molar-refractivity contribution in [3.63, 3.8) is 0 Å². The van der Waals surface area contributed by atoms with Crippen LogP contribution in [0.5, 0.6) is 0 Å². The molecule has 1 N–H and O–H groups in total. The molecule has 1 aliphatic heterocycles. The van der Waals surface area contributed by atoms with E-state index in [1.54, 1.807) is 6.92 Å². The van der Waals surface area contributed by atoms with Crippen LogP contribution in [0.2, 0.25) is 0 Å².